The van der Waals surface area contributed by atoms with E-state index in [-0.39, 0.29) is 0 Å². The zero-order valence-corrected chi connectivity index (χ0v) is 14.7. The van der Waals surface area contributed by atoms with Crippen LogP contribution in [-0.2, 0) is 13.1 Å². The van der Waals surface area contributed by atoms with Crippen molar-refractivity contribution in [1.82, 2.24) is 9.80 Å². The smallest absolute Gasteiger partial charge is 0.118 e. The maximum atomic E-state index is 5.19. The van der Waals surface area contributed by atoms with E-state index in [0.29, 0.717) is 0 Å². The van der Waals surface area contributed by atoms with Crippen LogP contribution in [0.3, 0.4) is 0 Å². The molecule has 1 N–H and O–H groups in total. The van der Waals surface area contributed by atoms with Crippen molar-refractivity contribution in [2.75, 3.05) is 45.7 Å². The first-order valence-corrected chi connectivity index (χ1v) is 8.59. The quantitative estimate of drug-likeness (QED) is 0.883. The summed E-state index contributed by atoms with van der Waals surface area (Å²) in [6.07, 6.45) is 0. The SMILES string of the molecule is COc1ccc(CNc2ccc(CN3CCN(C)CC3)cc2)cc1. The first-order valence-electron chi connectivity index (χ1n) is 8.59. The van der Waals surface area contributed by atoms with Gasteiger partial charge in [0.05, 0.1) is 7.11 Å². The third kappa shape index (κ3) is 4.73. The molecule has 0 radical (unpaired) electrons. The highest BCUT2D eigenvalue weighted by Crippen LogP contribution is 2.15. The van der Waals surface area contributed by atoms with Gasteiger partial charge in [-0.1, -0.05) is 24.3 Å². The second-order valence-corrected chi connectivity index (χ2v) is 6.48. The fourth-order valence-electron chi connectivity index (χ4n) is 2.94. The van der Waals surface area contributed by atoms with E-state index in [1.807, 2.05) is 12.1 Å². The number of hydrogen-bond acceptors (Lipinski definition) is 4. The lowest BCUT2D eigenvalue weighted by Gasteiger charge is -2.32. The summed E-state index contributed by atoms with van der Waals surface area (Å²) < 4.78 is 5.19. The second kappa shape index (κ2) is 8.18. The number of nitrogens with zero attached hydrogens (tertiary/aromatic N) is 2. The molecule has 128 valence electrons. The van der Waals surface area contributed by atoms with Crippen LogP contribution in [0.15, 0.2) is 48.5 Å². The van der Waals surface area contributed by atoms with Gasteiger partial charge in [0.1, 0.15) is 5.75 Å². The molecule has 1 saturated heterocycles. The summed E-state index contributed by atoms with van der Waals surface area (Å²) >= 11 is 0. The molecular weight excluding hydrogens is 298 g/mol. The molecule has 0 unspecified atom stereocenters. The predicted molar refractivity (Wildman–Crippen MR) is 99.5 cm³/mol. The Labute approximate surface area is 145 Å². The summed E-state index contributed by atoms with van der Waals surface area (Å²) in [6, 6.07) is 17.0. The molecule has 4 nitrogen and oxygen atoms in total. The van der Waals surface area contributed by atoms with Crippen molar-refractivity contribution in [2.45, 2.75) is 13.1 Å². The van der Waals surface area contributed by atoms with Gasteiger partial charge in [0.25, 0.3) is 0 Å². The third-order valence-corrected chi connectivity index (χ3v) is 4.61. The molecule has 0 aliphatic carbocycles. The largest absolute Gasteiger partial charge is 0.497 e. The number of ether oxygens (including phenoxy) is 1. The number of benzene rings is 2. The van der Waals surface area contributed by atoms with Gasteiger partial charge in [0.15, 0.2) is 0 Å². The van der Waals surface area contributed by atoms with Crippen LogP contribution in [0.5, 0.6) is 5.75 Å². The summed E-state index contributed by atoms with van der Waals surface area (Å²) in [6.45, 7) is 6.53. The van der Waals surface area contributed by atoms with Gasteiger partial charge in [-0.3, -0.25) is 4.90 Å². The Kier molecular flexibility index (Phi) is 5.72. The lowest BCUT2D eigenvalue weighted by molar-refractivity contribution is 0.148. The van der Waals surface area contributed by atoms with E-state index >= 15 is 0 Å². The van der Waals surface area contributed by atoms with E-state index in [4.69, 9.17) is 4.74 Å². The van der Waals surface area contributed by atoms with Gasteiger partial charge >= 0.3 is 0 Å². The molecule has 0 saturated carbocycles. The van der Waals surface area contributed by atoms with Crippen LogP contribution < -0.4 is 10.1 Å². The van der Waals surface area contributed by atoms with Crippen LogP contribution in [0.2, 0.25) is 0 Å². The first kappa shape index (κ1) is 16.8. The van der Waals surface area contributed by atoms with Crippen molar-refractivity contribution in [1.29, 1.82) is 0 Å². The summed E-state index contributed by atoms with van der Waals surface area (Å²) in [5.74, 6) is 0.895. The summed E-state index contributed by atoms with van der Waals surface area (Å²) in [5.41, 5.74) is 3.79. The molecule has 1 aliphatic heterocycles. The minimum atomic E-state index is 0.821. The molecule has 3 rings (SSSR count). The Morgan fingerprint density at radius 1 is 0.875 bits per heavy atom. The first-order chi connectivity index (χ1) is 11.7. The maximum Gasteiger partial charge on any atom is 0.118 e. The molecule has 2 aromatic rings. The number of nitrogens with one attached hydrogen (secondary N) is 1. The Morgan fingerprint density at radius 3 is 2.12 bits per heavy atom. The van der Waals surface area contributed by atoms with Crippen LogP contribution in [0, 0.1) is 0 Å². The Morgan fingerprint density at radius 2 is 1.50 bits per heavy atom. The molecule has 1 fully saturated rings. The van der Waals surface area contributed by atoms with Gasteiger partial charge in [-0.2, -0.15) is 0 Å². The monoisotopic (exact) mass is 325 g/mol. The van der Waals surface area contributed by atoms with Crippen LogP contribution in [0.25, 0.3) is 0 Å². The van der Waals surface area contributed by atoms with Crippen LogP contribution in [0.1, 0.15) is 11.1 Å². The van der Waals surface area contributed by atoms with Gasteiger partial charge in [-0.25, -0.2) is 0 Å². The van der Waals surface area contributed by atoms with Crippen molar-refractivity contribution in [3.05, 3.63) is 59.7 Å². The number of anilines is 1. The van der Waals surface area contributed by atoms with Crippen molar-refractivity contribution < 1.29 is 4.74 Å². The Hall–Kier alpha value is -2.04. The highest BCUT2D eigenvalue weighted by atomic mass is 16.5. The highest BCUT2D eigenvalue weighted by molar-refractivity contribution is 5.45. The molecule has 4 heteroatoms. The van der Waals surface area contributed by atoms with E-state index in [9.17, 15) is 0 Å². The minimum absolute atomic E-state index is 0.821. The van der Waals surface area contributed by atoms with Crippen molar-refractivity contribution in [3.8, 4) is 5.75 Å². The van der Waals surface area contributed by atoms with E-state index in [1.165, 1.54) is 24.2 Å². The molecule has 1 heterocycles. The van der Waals surface area contributed by atoms with E-state index in [2.05, 4.69) is 58.6 Å². The molecule has 0 amide bonds. The minimum Gasteiger partial charge on any atom is -0.497 e. The average Bonchev–Trinajstić information content (AvgIpc) is 2.63. The fraction of sp³-hybridized carbons (Fsp3) is 0.400. The second-order valence-electron chi connectivity index (χ2n) is 6.48. The molecule has 2 aromatic carbocycles. The van der Waals surface area contributed by atoms with Gasteiger partial charge in [-0.05, 0) is 42.4 Å². The average molecular weight is 325 g/mol. The highest BCUT2D eigenvalue weighted by Gasteiger charge is 2.13. The van der Waals surface area contributed by atoms with Gasteiger partial charge in [0, 0.05) is 45.0 Å². The van der Waals surface area contributed by atoms with Crippen LogP contribution in [-0.4, -0.2) is 50.1 Å². The molecular formula is C20H27N3O. The van der Waals surface area contributed by atoms with Crippen molar-refractivity contribution in [2.24, 2.45) is 0 Å². The zero-order valence-electron chi connectivity index (χ0n) is 14.7. The molecule has 24 heavy (non-hydrogen) atoms. The summed E-state index contributed by atoms with van der Waals surface area (Å²) in [7, 11) is 3.89. The fourth-order valence-corrected chi connectivity index (χ4v) is 2.94. The third-order valence-electron chi connectivity index (χ3n) is 4.61. The van der Waals surface area contributed by atoms with Gasteiger partial charge in [0.2, 0.25) is 0 Å². The lowest BCUT2D eigenvalue weighted by Crippen LogP contribution is -2.43. The zero-order chi connectivity index (χ0) is 16.8. The van der Waals surface area contributed by atoms with E-state index < -0.39 is 0 Å². The standard InChI is InChI=1S/C20H27N3O/c1-22-11-13-23(14-12-22)16-18-3-7-19(8-4-18)21-15-17-5-9-20(24-2)10-6-17/h3-10,21H,11-16H2,1-2H3. The molecule has 0 bridgehead atoms. The summed E-state index contributed by atoms with van der Waals surface area (Å²) in [5, 5.41) is 3.47. The molecule has 0 aromatic heterocycles. The molecule has 1 aliphatic rings. The van der Waals surface area contributed by atoms with E-state index in [0.717, 1.165) is 37.6 Å². The Balaban J connectivity index is 1.48. The van der Waals surface area contributed by atoms with Crippen LogP contribution in [0.4, 0.5) is 5.69 Å². The summed E-state index contributed by atoms with van der Waals surface area (Å²) in [4.78, 5) is 4.92. The number of rotatable bonds is 6. The number of hydrogen-bond donors (Lipinski definition) is 1. The molecule has 0 spiro atoms. The number of methoxy groups -OCH3 is 1. The van der Waals surface area contributed by atoms with Crippen LogP contribution >= 0.6 is 0 Å². The normalized spacial score (nSPS) is 16.1. The number of likely N-dealkylation sites (N-methyl/N-ethyl adjacent to an activating group) is 1. The lowest BCUT2D eigenvalue weighted by atomic mass is 10.1. The van der Waals surface area contributed by atoms with Crippen molar-refractivity contribution >= 4 is 5.69 Å². The van der Waals surface area contributed by atoms with E-state index in [1.54, 1.807) is 7.11 Å². The molecule has 0 atom stereocenters. The predicted octanol–water partition coefficient (Wildman–Crippen LogP) is 3.05. The number of piperazine rings is 1. The maximum absolute atomic E-state index is 5.19. The van der Waals surface area contributed by atoms with Gasteiger partial charge in [-0.15, -0.1) is 0 Å². The Bertz CT molecular complexity index is 616. The van der Waals surface area contributed by atoms with Crippen molar-refractivity contribution in [3.63, 3.8) is 0 Å². The topological polar surface area (TPSA) is 27.7 Å². The van der Waals surface area contributed by atoms with Gasteiger partial charge < -0.3 is 15.0 Å².